The third kappa shape index (κ3) is 7.86. The second-order valence-corrected chi connectivity index (χ2v) is 7.51. The summed E-state index contributed by atoms with van der Waals surface area (Å²) in [6.07, 6.45) is 10.3. The molecule has 118 valence electrons. The summed E-state index contributed by atoms with van der Waals surface area (Å²) in [6.45, 7) is 17.2. The van der Waals surface area contributed by atoms with Gasteiger partial charge in [-0.05, 0) is 37.5 Å². The van der Waals surface area contributed by atoms with Gasteiger partial charge in [-0.1, -0.05) is 65.8 Å². The van der Waals surface area contributed by atoms with Crippen LogP contribution in [-0.4, -0.2) is 12.2 Å². The van der Waals surface area contributed by atoms with E-state index in [1.807, 2.05) is 13.8 Å². The largest absolute Gasteiger partial charge is 0.232 e. The van der Waals surface area contributed by atoms with E-state index < -0.39 is 0 Å². The Morgan fingerprint density at radius 3 is 1.20 bits per heavy atom. The zero-order valence-corrected chi connectivity index (χ0v) is 14.7. The molecule has 2 heteroatoms. The van der Waals surface area contributed by atoms with Gasteiger partial charge in [-0.2, -0.15) is 0 Å². The highest BCUT2D eigenvalue weighted by molar-refractivity contribution is 4.87. The molecule has 0 aromatic carbocycles. The molecule has 0 radical (unpaired) electrons. The van der Waals surface area contributed by atoms with Crippen molar-refractivity contribution in [2.24, 2.45) is 10.8 Å². The molecule has 2 nitrogen and oxygen atoms in total. The third-order valence-corrected chi connectivity index (χ3v) is 3.39. The summed E-state index contributed by atoms with van der Waals surface area (Å²) < 4.78 is 0. The fourth-order valence-corrected chi connectivity index (χ4v) is 1.73. The van der Waals surface area contributed by atoms with Crippen LogP contribution in [0.15, 0.2) is 24.3 Å². The zero-order valence-electron chi connectivity index (χ0n) is 14.7. The molecule has 0 heterocycles. The summed E-state index contributed by atoms with van der Waals surface area (Å²) in [6, 6.07) is 0. The van der Waals surface area contributed by atoms with Gasteiger partial charge < -0.3 is 0 Å². The molecule has 0 amide bonds. The van der Waals surface area contributed by atoms with E-state index in [2.05, 4.69) is 65.8 Å². The molecule has 2 unspecified atom stereocenters. The van der Waals surface area contributed by atoms with Crippen molar-refractivity contribution >= 4 is 0 Å². The smallest absolute Gasteiger partial charge is 0.101 e. The van der Waals surface area contributed by atoms with E-state index in [1.54, 1.807) is 0 Å². The van der Waals surface area contributed by atoms with Crippen molar-refractivity contribution in [3.63, 3.8) is 0 Å². The van der Waals surface area contributed by atoms with Crippen molar-refractivity contribution in [1.29, 1.82) is 0 Å². The molecule has 0 saturated carbocycles. The van der Waals surface area contributed by atoms with Crippen LogP contribution in [0, 0.1) is 10.8 Å². The van der Waals surface area contributed by atoms with E-state index in [1.165, 1.54) is 0 Å². The molecule has 0 aromatic heterocycles. The van der Waals surface area contributed by atoms with Gasteiger partial charge in [-0.15, -0.1) is 0 Å². The van der Waals surface area contributed by atoms with Gasteiger partial charge in [0.15, 0.2) is 0 Å². The minimum absolute atomic E-state index is 0.0581. The maximum absolute atomic E-state index is 5.81. The third-order valence-electron chi connectivity index (χ3n) is 3.39. The van der Waals surface area contributed by atoms with Crippen LogP contribution in [0.25, 0.3) is 0 Å². The molecule has 2 atom stereocenters. The number of hydrogen-bond acceptors (Lipinski definition) is 2. The molecule has 0 N–H and O–H groups in total. The fourth-order valence-electron chi connectivity index (χ4n) is 1.73. The van der Waals surface area contributed by atoms with Gasteiger partial charge in [0.25, 0.3) is 0 Å². The molecule has 0 aliphatic rings. The lowest BCUT2D eigenvalue weighted by molar-refractivity contribution is -0.377. The molecule has 20 heavy (non-hydrogen) atoms. The van der Waals surface area contributed by atoms with Gasteiger partial charge in [0, 0.05) is 0 Å². The predicted octanol–water partition coefficient (Wildman–Crippen LogP) is 5.70. The Labute approximate surface area is 126 Å². The van der Waals surface area contributed by atoms with Crippen molar-refractivity contribution in [3.8, 4) is 0 Å². The second kappa shape index (κ2) is 8.63. The molecule has 0 aliphatic heterocycles. The zero-order chi connectivity index (χ0) is 15.8. The molecule has 0 fully saturated rings. The minimum atomic E-state index is 0.0581. The molecule has 0 saturated heterocycles. The number of rotatable bonds is 7. The second-order valence-electron chi connectivity index (χ2n) is 7.51. The van der Waals surface area contributed by atoms with Crippen LogP contribution in [0.1, 0.15) is 68.2 Å². The summed E-state index contributed by atoms with van der Waals surface area (Å²) in [5.41, 5.74) is 0.116. The maximum atomic E-state index is 5.81. The van der Waals surface area contributed by atoms with Crippen LogP contribution in [0.2, 0.25) is 0 Å². The first-order valence-corrected chi connectivity index (χ1v) is 7.67. The standard InChI is InChI=1S/C18H34O2/c1-9-11-13-15(17(3,4)5)19-20-16(14-12-10-2)18(6,7)8/h9-12,15-16H,13-14H2,1-8H3. The van der Waals surface area contributed by atoms with Gasteiger partial charge in [-0.25, -0.2) is 9.78 Å². The van der Waals surface area contributed by atoms with Gasteiger partial charge >= 0.3 is 0 Å². The maximum Gasteiger partial charge on any atom is 0.101 e. The average molecular weight is 282 g/mol. The van der Waals surface area contributed by atoms with E-state index in [4.69, 9.17) is 9.78 Å². The van der Waals surface area contributed by atoms with Crippen LogP contribution in [0.3, 0.4) is 0 Å². The lowest BCUT2D eigenvalue weighted by Gasteiger charge is -2.34. The lowest BCUT2D eigenvalue weighted by atomic mass is 9.86. The summed E-state index contributed by atoms with van der Waals surface area (Å²) in [7, 11) is 0. The topological polar surface area (TPSA) is 18.5 Å². The summed E-state index contributed by atoms with van der Waals surface area (Å²) >= 11 is 0. The molecule has 0 aliphatic carbocycles. The highest BCUT2D eigenvalue weighted by Gasteiger charge is 2.30. The lowest BCUT2D eigenvalue weighted by Crippen LogP contribution is -2.35. The summed E-state index contributed by atoms with van der Waals surface area (Å²) in [4.78, 5) is 11.6. The molecular weight excluding hydrogens is 248 g/mol. The van der Waals surface area contributed by atoms with Gasteiger partial charge in [0.1, 0.15) is 12.2 Å². The molecule has 0 rings (SSSR count). The van der Waals surface area contributed by atoms with Gasteiger partial charge in [0.2, 0.25) is 0 Å². The Morgan fingerprint density at radius 2 is 1.00 bits per heavy atom. The summed E-state index contributed by atoms with van der Waals surface area (Å²) in [5, 5.41) is 0. The van der Waals surface area contributed by atoms with Crippen LogP contribution < -0.4 is 0 Å². The highest BCUT2D eigenvalue weighted by atomic mass is 17.2. The van der Waals surface area contributed by atoms with Gasteiger partial charge in [-0.3, -0.25) is 0 Å². The Balaban J connectivity index is 4.69. The SMILES string of the molecule is CC=CCC(OOC(CC=CC)C(C)(C)C)C(C)(C)C. The van der Waals surface area contributed by atoms with E-state index >= 15 is 0 Å². The molecule has 0 spiro atoms. The van der Waals surface area contributed by atoms with Crippen molar-refractivity contribution < 1.29 is 9.78 Å². The Hall–Kier alpha value is -0.600. The van der Waals surface area contributed by atoms with Crippen molar-refractivity contribution in [1.82, 2.24) is 0 Å². The van der Waals surface area contributed by atoms with Crippen LogP contribution >= 0.6 is 0 Å². The van der Waals surface area contributed by atoms with Crippen LogP contribution in [-0.2, 0) is 9.78 Å². The van der Waals surface area contributed by atoms with Crippen molar-refractivity contribution in [2.75, 3.05) is 0 Å². The Bertz CT molecular complexity index is 270. The highest BCUT2D eigenvalue weighted by Crippen LogP contribution is 2.30. The van der Waals surface area contributed by atoms with E-state index in [0.29, 0.717) is 0 Å². The quantitative estimate of drug-likeness (QED) is 0.339. The van der Waals surface area contributed by atoms with Crippen molar-refractivity contribution in [3.05, 3.63) is 24.3 Å². The first-order chi connectivity index (χ1) is 9.12. The predicted molar refractivity (Wildman–Crippen MR) is 87.5 cm³/mol. The first kappa shape index (κ1) is 19.4. The number of allylic oxidation sites excluding steroid dienone is 2. The first-order valence-electron chi connectivity index (χ1n) is 7.67. The van der Waals surface area contributed by atoms with E-state index in [-0.39, 0.29) is 23.0 Å². The number of hydrogen-bond donors (Lipinski definition) is 0. The fraction of sp³-hybridized carbons (Fsp3) is 0.778. The molecular formula is C18H34O2. The van der Waals surface area contributed by atoms with Crippen LogP contribution in [0.4, 0.5) is 0 Å². The monoisotopic (exact) mass is 282 g/mol. The van der Waals surface area contributed by atoms with Crippen LogP contribution in [0.5, 0.6) is 0 Å². The summed E-state index contributed by atoms with van der Waals surface area (Å²) in [5.74, 6) is 0. The van der Waals surface area contributed by atoms with E-state index in [9.17, 15) is 0 Å². The Morgan fingerprint density at radius 1 is 0.700 bits per heavy atom. The van der Waals surface area contributed by atoms with E-state index in [0.717, 1.165) is 12.8 Å². The normalized spacial score (nSPS) is 17.0. The minimum Gasteiger partial charge on any atom is -0.232 e. The molecule has 0 aromatic rings. The Kier molecular flexibility index (Phi) is 8.38. The van der Waals surface area contributed by atoms with Gasteiger partial charge in [0.05, 0.1) is 0 Å². The van der Waals surface area contributed by atoms with Crippen molar-refractivity contribution in [2.45, 2.75) is 80.4 Å². The average Bonchev–Trinajstić information content (AvgIpc) is 2.29. The molecule has 0 bridgehead atoms.